The molecule has 0 fully saturated rings. The van der Waals surface area contributed by atoms with Crippen LogP contribution in [-0.2, 0) is 4.79 Å². The van der Waals surface area contributed by atoms with Crippen LogP contribution in [0.25, 0.3) is 28.2 Å². The fourth-order valence-electron chi connectivity index (χ4n) is 2.83. The first-order chi connectivity index (χ1) is 12.2. The number of benzene rings is 1. The molecule has 0 saturated carbocycles. The topological polar surface area (TPSA) is 47.3 Å². The zero-order chi connectivity index (χ0) is 17.2. The van der Waals surface area contributed by atoms with Gasteiger partial charge in [0, 0.05) is 41.5 Å². The van der Waals surface area contributed by atoms with Crippen LogP contribution in [-0.4, -0.2) is 19.5 Å². The van der Waals surface area contributed by atoms with E-state index in [1.807, 2.05) is 60.8 Å². The number of rotatable bonds is 3. The van der Waals surface area contributed by atoms with Crippen LogP contribution in [0.2, 0.25) is 0 Å². The van der Waals surface area contributed by atoms with Gasteiger partial charge < -0.3 is 0 Å². The minimum atomic E-state index is 0.0814. The first-order valence-corrected chi connectivity index (χ1v) is 8.70. The van der Waals surface area contributed by atoms with Gasteiger partial charge in [0.1, 0.15) is 5.65 Å². The number of fused-ring (bicyclic) bond motifs is 1. The Balaban J connectivity index is 1.88. The largest absolute Gasteiger partial charge is 0.299 e. The maximum absolute atomic E-state index is 11.3. The minimum absolute atomic E-state index is 0.0814. The van der Waals surface area contributed by atoms with Crippen molar-refractivity contribution in [3.63, 3.8) is 0 Å². The van der Waals surface area contributed by atoms with Crippen molar-refractivity contribution >= 4 is 22.5 Å². The van der Waals surface area contributed by atoms with E-state index in [2.05, 4.69) is 9.38 Å². The van der Waals surface area contributed by atoms with Crippen molar-refractivity contribution in [1.29, 1.82) is 0 Å². The van der Waals surface area contributed by atoms with E-state index in [0.717, 1.165) is 33.1 Å². The molecule has 0 bridgehead atoms. The van der Waals surface area contributed by atoms with Crippen LogP contribution >= 0.6 is 11.8 Å². The molecule has 0 atom stereocenters. The maximum atomic E-state index is 11.3. The Morgan fingerprint density at radius 3 is 2.44 bits per heavy atom. The molecule has 0 saturated heterocycles. The lowest BCUT2D eigenvalue weighted by Crippen LogP contribution is -1.89. The third-order valence-corrected chi connectivity index (χ3v) is 4.67. The second kappa shape index (κ2) is 6.53. The summed E-state index contributed by atoms with van der Waals surface area (Å²) in [6.07, 6.45) is 5.59. The molecule has 25 heavy (non-hydrogen) atoms. The van der Waals surface area contributed by atoms with E-state index in [1.54, 1.807) is 19.3 Å². The van der Waals surface area contributed by atoms with Gasteiger partial charge in [-0.15, -0.1) is 0 Å². The third kappa shape index (κ3) is 3.06. The van der Waals surface area contributed by atoms with Gasteiger partial charge in [-0.05, 0) is 36.4 Å². The van der Waals surface area contributed by atoms with Crippen LogP contribution in [0.4, 0.5) is 0 Å². The van der Waals surface area contributed by atoms with E-state index < -0.39 is 0 Å². The van der Waals surface area contributed by atoms with Crippen molar-refractivity contribution in [1.82, 2.24) is 14.4 Å². The monoisotopic (exact) mass is 345 g/mol. The van der Waals surface area contributed by atoms with Crippen molar-refractivity contribution in [2.45, 2.75) is 11.8 Å². The number of carbonyl (C=O) groups excluding carboxylic acids is 1. The number of thioether (sulfide) groups is 1. The van der Waals surface area contributed by atoms with Crippen molar-refractivity contribution in [2.75, 3.05) is 0 Å². The third-order valence-electron chi connectivity index (χ3n) is 3.87. The fraction of sp³-hybridized carbons (Fsp3) is 0.0500. The second-order valence-electron chi connectivity index (χ2n) is 5.59. The molecule has 0 N–H and O–H groups in total. The van der Waals surface area contributed by atoms with Gasteiger partial charge in [0.05, 0.1) is 11.4 Å². The molecule has 0 aliphatic carbocycles. The summed E-state index contributed by atoms with van der Waals surface area (Å²) < 4.78 is 2.09. The summed E-state index contributed by atoms with van der Waals surface area (Å²) in [5.74, 6) is 0. The van der Waals surface area contributed by atoms with Crippen LogP contribution in [0, 0.1) is 0 Å². The average molecular weight is 345 g/mol. The Hall–Kier alpha value is -2.92. The van der Waals surface area contributed by atoms with Gasteiger partial charge in [0.15, 0.2) is 5.12 Å². The summed E-state index contributed by atoms with van der Waals surface area (Å²) in [6.45, 7) is 1.57. The van der Waals surface area contributed by atoms with Crippen molar-refractivity contribution in [2.24, 2.45) is 0 Å². The lowest BCUT2D eigenvalue weighted by atomic mass is 10.1. The number of hydrogen-bond acceptors (Lipinski definition) is 4. The van der Waals surface area contributed by atoms with E-state index in [9.17, 15) is 4.79 Å². The van der Waals surface area contributed by atoms with Crippen LogP contribution in [0.15, 0.2) is 78.1 Å². The first-order valence-electron chi connectivity index (χ1n) is 7.89. The molecule has 0 spiro atoms. The highest BCUT2D eigenvalue weighted by Gasteiger charge is 2.15. The van der Waals surface area contributed by atoms with E-state index in [1.165, 1.54) is 11.8 Å². The highest BCUT2D eigenvalue weighted by Crippen LogP contribution is 2.33. The summed E-state index contributed by atoms with van der Waals surface area (Å²) >= 11 is 1.24. The van der Waals surface area contributed by atoms with Gasteiger partial charge in [-0.25, -0.2) is 4.98 Å². The molecule has 0 unspecified atom stereocenters. The van der Waals surface area contributed by atoms with E-state index >= 15 is 0 Å². The average Bonchev–Trinajstić information content (AvgIpc) is 3.02. The Labute approximate surface area is 149 Å². The molecule has 5 heteroatoms. The first kappa shape index (κ1) is 15.6. The van der Waals surface area contributed by atoms with Gasteiger partial charge in [-0.2, -0.15) is 0 Å². The molecule has 122 valence electrons. The Kier molecular flexibility index (Phi) is 4.07. The van der Waals surface area contributed by atoms with Crippen molar-refractivity contribution < 1.29 is 4.79 Å². The standard InChI is InChI=1S/C20H15N3OS/c1-14(24)25-17-7-5-15(6-8-17)19-20(16-9-11-21-12-10-16)23-13-3-2-4-18(23)22-19/h2-13H,1H3. The summed E-state index contributed by atoms with van der Waals surface area (Å²) in [5.41, 5.74) is 4.92. The van der Waals surface area contributed by atoms with E-state index in [-0.39, 0.29) is 5.12 Å². The summed E-state index contributed by atoms with van der Waals surface area (Å²) in [5, 5.41) is 0.0814. The SMILES string of the molecule is CC(=O)Sc1ccc(-c2nc3ccccn3c2-c2ccncc2)cc1. The molecule has 3 heterocycles. The van der Waals surface area contributed by atoms with Crippen LogP contribution in [0.1, 0.15) is 6.92 Å². The Bertz CT molecular complexity index is 1040. The van der Waals surface area contributed by atoms with Crippen LogP contribution in [0.3, 0.4) is 0 Å². The summed E-state index contributed by atoms with van der Waals surface area (Å²) in [7, 11) is 0. The lowest BCUT2D eigenvalue weighted by molar-refractivity contribution is -0.109. The molecule has 4 aromatic rings. The van der Waals surface area contributed by atoms with Gasteiger partial charge in [-0.3, -0.25) is 14.2 Å². The Morgan fingerprint density at radius 1 is 0.960 bits per heavy atom. The molecule has 4 rings (SSSR count). The molecule has 0 aliphatic rings. The summed E-state index contributed by atoms with van der Waals surface area (Å²) in [4.78, 5) is 21.1. The molecular formula is C20H15N3OS. The molecule has 0 radical (unpaired) electrons. The van der Waals surface area contributed by atoms with Crippen LogP contribution < -0.4 is 0 Å². The predicted molar refractivity (Wildman–Crippen MR) is 100 cm³/mol. The lowest BCUT2D eigenvalue weighted by Gasteiger charge is -2.06. The summed E-state index contributed by atoms with van der Waals surface area (Å²) in [6, 6.07) is 17.9. The van der Waals surface area contributed by atoms with Crippen molar-refractivity contribution in [3.05, 3.63) is 73.2 Å². The second-order valence-corrected chi connectivity index (χ2v) is 6.84. The number of nitrogens with zero attached hydrogens (tertiary/aromatic N) is 3. The number of carbonyl (C=O) groups is 1. The molecule has 0 aliphatic heterocycles. The highest BCUT2D eigenvalue weighted by molar-refractivity contribution is 8.13. The van der Waals surface area contributed by atoms with Gasteiger partial charge >= 0.3 is 0 Å². The van der Waals surface area contributed by atoms with Gasteiger partial charge in [0.25, 0.3) is 0 Å². The zero-order valence-corrected chi connectivity index (χ0v) is 14.4. The fourth-order valence-corrected chi connectivity index (χ4v) is 3.43. The van der Waals surface area contributed by atoms with Crippen molar-refractivity contribution in [3.8, 4) is 22.5 Å². The number of aromatic nitrogens is 3. The number of imidazole rings is 1. The van der Waals surface area contributed by atoms with Gasteiger partial charge in [0.2, 0.25) is 0 Å². The number of hydrogen-bond donors (Lipinski definition) is 0. The Morgan fingerprint density at radius 2 is 1.72 bits per heavy atom. The maximum Gasteiger partial charge on any atom is 0.190 e. The normalized spacial score (nSPS) is 10.9. The molecule has 0 amide bonds. The molecule has 4 nitrogen and oxygen atoms in total. The molecule has 3 aromatic heterocycles. The minimum Gasteiger partial charge on any atom is -0.299 e. The number of pyridine rings is 2. The van der Waals surface area contributed by atoms with Crippen LogP contribution in [0.5, 0.6) is 0 Å². The quantitative estimate of drug-likeness (QED) is 0.505. The van der Waals surface area contributed by atoms with E-state index in [0.29, 0.717) is 0 Å². The smallest absolute Gasteiger partial charge is 0.190 e. The van der Waals surface area contributed by atoms with E-state index in [4.69, 9.17) is 4.98 Å². The molecular weight excluding hydrogens is 330 g/mol. The molecule has 1 aromatic carbocycles. The predicted octanol–water partition coefficient (Wildman–Crippen LogP) is 4.70. The highest BCUT2D eigenvalue weighted by atomic mass is 32.2. The van der Waals surface area contributed by atoms with Gasteiger partial charge in [-0.1, -0.05) is 30.0 Å². The zero-order valence-electron chi connectivity index (χ0n) is 13.6.